The van der Waals surface area contributed by atoms with E-state index in [0.29, 0.717) is 0 Å². The van der Waals surface area contributed by atoms with Gasteiger partial charge in [0.05, 0.1) is 0 Å². The second-order valence-electron chi connectivity index (χ2n) is 4.57. The number of halogens is 1. The van der Waals surface area contributed by atoms with Gasteiger partial charge in [0, 0.05) is 27.9 Å². The van der Waals surface area contributed by atoms with E-state index < -0.39 is 0 Å². The lowest BCUT2D eigenvalue weighted by Crippen LogP contribution is -2.12. The fourth-order valence-electron chi connectivity index (χ4n) is 1.87. The molecule has 0 radical (unpaired) electrons. The van der Waals surface area contributed by atoms with Crippen molar-refractivity contribution in [3.05, 3.63) is 46.2 Å². The summed E-state index contributed by atoms with van der Waals surface area (Å²) in [7, 11) is 0. The van der Waals surface area contributed by atoms with Gasteiger partial charge in [-0.15, -0.1) is 0 Å². The van der Waals surface area contributed by atoms with Gasteiger partial charge in [-0.1, -0.05) is 24.6 Å². The number of benzene rings is 1. The number of aryl methyl sites for hydroxylation is 2. The van der Waals surface area contributed by atoms with Gasteiger partial charge < -0.3 is 5.32 Å². The number of aromatic nitrogens is 2. The molecule has 20 heavy (non-hydrogen) atoms. The zero-order chi connectivity index (χ0) is 14.5. The quantitative estimate of drug-likeness (QED) is 0.847. The van der Waals surface area contributed by atoms with Gasteiger partial charge in [0.2, 0.25) is 0 Å². The van der Waals surface area contributed by atoms with Gasteiger partial charge in [0.15, 0.2) is 5.16 Å². The minimum atomic E-state index is 0.733. The molecule has 1 aromatic heterocycles. The van der Waals surface area contributed by atoms with E-state index in [0.717, 1.165) is 39.6 Å². The first-order valence-corrected chi connectivity index (χ1v) is 7.77. The van der Waals surface area contributed by atoms with Gasteiger partial charge in [-0.25, -0.2) is 9.97 Å². The fraction of sp³-hybridized carbons (Fsp3) is 0.333. The van der Waals surface area contributed by atoms with Crippen LogP contribution in [0.1, 0.15) is 23.9 Å². The lowest BCUT2D eigenvalue weighted by Gasteiger charge is -2.10. The van der Waals surface area contributed by atoms with E-state index in [2.05, 4.69) is 28.3 Å². The Bertz CT molecular complexity index is 581. The fourth-order valence-corrected chi connectivity index (χ4v) is 3.14. The number of rotatable bonds is 5. The van der Waals surface area contributed by atoms with E-state index in [1.807, 2.05) is 32.0 Å². The van der Waals surface area contributed by atoms with E-state index in [4.69, 9.17) is 11.6 Å². The molecule has 0 amide bonds. The number of hydrogen-bond acceptors (Lipinski definition) is 4. The van der Waals surface area contributed by atoms with Crippen molar-refractivity contribution < 1.29 is 0 Å². The molecule has 5 heteroatoms. The molecule has 0 saturated carbocycles. The molecule has 0 atom stereocenters. The Morgan fingerprint density at radius 3 is 2.50 bits per heavy atom. The average molecular weight is 308 g/mol. The summed E-state index contributed by atoms with van der Waals surface area (Å²) in [6.07, 6.45) is 0. The van der Waals surface area contributed by atoms with Crippen LogP contribution in [0.5, 0.6) is 0 Å². The molecule has 0 bridgehead atoms. The van der Waals surface area contributed by atoms with Crippen LogP contribution in [0.25, 0.3) is 0 Å². The Morgan fingerprint density at radius 1 is 1.15 bits per heavy atom. The second kappa shape index (κ2) is 7.07. The maximum Gasteiger partial charge on any atom is 0.192 e. The first-order valence-electron chi connectivity index (χ1n) is 6.57. The van der Waals surface area contributed by atoms with Gasteiger partial charge in [0.25, 0.3) is 0 Å². The normalized spacial score (nSPS) is 10.8. The minimum absolute atomic E-state index is 0.733. The summed E-state index contributed by atoms with van der Waals surface area (Å²) in [6.45, 7) is 7.82. The first-order chi connectivity index (χ1) is 9.58. The Kier molecular flexibility index (Phi) is 5.40. The van der Waals surface area contributed by atoms with Crippen LogP contribution in [-0.2, 0) is 6.54 Å². The molecular weight excluding hydrogens is 290 g/mol. The van der Waals surface area contributed by atoms with E-state index in [1.165, 1.54) is 5.56 Å². The summed E-state index contributed by atoms with van der Waals surface area (Å²) in [6, 6.07) is 7.91. The van der Waals surface area contributed by atoms with Crippen LogP contribution < -0.4 is 5.32 Å². The van der Waals surface area contributed by atoms with Gasteiger partial charge in [-0.2, -0.15) is 0 Å². The van der Waals surface area contributed by atoms with Crippen molar-refractivity contribution in [3.8, 4) is 0 Å². The molecule has 0 aliphatic rings. The lowest BCUT2D eigenvalue weighted by atomic mass is 10.2. The summed E-state index contributed by atoms with van der Waals surface area (Å²) >= 11 is 7.67. The second-order valence-corrected chi connectivity index (χ2v) is 6.01. The molecule has 2 rings (SSSR count). The number of nitrogens with one attached hydrogen (secondary N) is 1. The van der Waals surface area contributed by atoms with Gasteiger partial charge in [-0.05, 0) is 55.9 Å². The predicted octanol–water partition coefficient (Wildman–Crippen LogP) is 4.01. The highest BCUT2D eigenvalue weighted by Crippen LogP contribution is 2.30. The summed E-state index contributed by atoms with van der Waals surface area (Å²) in [5.74, 6) is 0. The van der Waals surface area contributed by atoms with Crippen molar-refractivity contribution in [1.29, 1.82) is 0 Å². The number of hydrogen-bond donors (Lipinski definition) is 1. The van der Waals surface area contributed by atoms with E-state index >= 15 is 0 Å². The molecule has 0 unspecified atom stereocenters. The summed E-state index contributed by atoms with van der Waals surface area (Å²) < 4.78 is 0. The molecule has 0 spiro atoms. The highest BCUT2D eigenvalue weighted by atomic mass is 35.5. The highest BCUT2D eigenvalue weighted by molar-refractivity contribution is 7.99. The first kappa shape index (κ1) is 15.3. The van der Waals surface area contributed by atoms with Crippen molar-refractivity contribution in [2.75, 3.05) is 6.54 Å². The van der Waals surface area contributed by atoms with Crippen molar-refractivity contribution in [2.45, 2.75) is 37.4 Å². The third-order valence-electron chi connectivity index (χ3n) is 2.76. The van der Waals surface area contributed by atoms with E-state index in [9.17, 15) is 0 Å². The maximum atomic E-state index is 6.11. The SMILES string of the molecule is CCNCc1ccc(Cl)cc1Sc1nc(C)cc(C)n1. The molecule has 0 aliphatic carbocycles. The minimum Gasteiger partial charge on any atom is -0.313 e. The molecule has 3 nitrogen and oxygen atoms in total. The van der Waals surface area contributed by atoms with Crippen LogP contribution in [0.4, 0.5) is 0 Å². The van der Waals surface area contributed by atoms with Crippen molar-refractivity contribution in [2.24, 2.45) is 0 Å². The Hall–Kier alpha value is -1.10. The topological polar surface area (TPSA) is 37.8 Å². The van der Waals surface area contributed by atoms with Gasteiger partial charge in [-0.3, -0.25) is 0 Å². The molecule has 1 N–H and O–H groups in total. The lowest BCUT2D eigenvalue weighted by molar-refractivity contribution is 0.717. The highest BCUT2D eigenvalue weighted by Gasteiger charge is 2.08. The molecule has 0 saturated heterocycles. The Morgan fingerprint density at radius 2 is 1.85 bits per heavy atom. The van der Waals surface area contributed by atoms with Crippen molar-refractivity contribution in [1.82, 2.24) is 15.3 Å². The summed E-state index contributed by atoms with van der Waals surface area (Å²) in [5, 5.41) is 4.84. The average Bonchev–Trinajstić information content (AvgIpc) is 2.36. The van der Waals surface area contributed by atoms with Crippen LogP contribution in [0.2, 0.25) is 5.02 Å². The summed E-state index contributed by atoms with van der Waals surface area (Å²) in [5.41, 5.74) is 3.18. The van der Waals surface area contributed by atoms with Crippen LogP contribution in [-0.4, -0.2) is 16.5 Å². The Labute approximate surface area is 129 Å². The third-order valence-corrected chi connectivity index (χ3v) is 3.96. The predicted molar refractivity (Wildman–Crippen MR) is 84.5 cm³/mol. The molecule has 0 aliphatic heterocycles. The molecule has 2 aromatic rings. The van der Waals surface area contributed by atoms with E-state index in [1.54, 1.807) is 11.8 Å². The van der Waals surface area contributed by atoms with Gasteiger partial charge in [0.1, 0.15) is 0 Å². The van der Waals surface area contributed by atoms with E-state index in [-0.39, 0.29) is 0 Å². The monoisotopic (exact) mass is 307 g/mol. The summed E-state index contributed by atoms with van der Waals surface area (Å²) in [4.78, 5) is 10.0. The van der Waals surface area contributed by atoms with Crippen molar-refractivity contribution in [3.63, 3.8) is 0 Å². The standard InChI is InChI=1S/C15H18ClN3S/c1-4-17-9-12-5-6-13(16)8-14(12)20-15-18-10(2)7-11(3)19-15/h5-8,17H,4,9H2,1-3H3. The zero-order valence-corrected chi connectivity index (χ0v) is 13.5. The third kappa shape index (κ3) is 4.20. The largest absolute Gasteiger partial charge is 0.313 e. The van der Waals surface area contributed by atoms with Crippen LogP contribution >= 0.6 is 23.4 Å². The number of nitrogens with zero attached hydrogens (tertiary/aromatic N) is 2. The smallest absolute Gasteiger partial charge is 0.192 e. The molecule has 1 aromatic carbocycles. The van der Waals surface area contributed by atoms with Crippen LogP contribution in [0, 0.1) is 13.8 Å². The zero-order valence-electron chi connectivity index (χ0n) is 11.9. The Balaban J connectivity index is 2.28. The molecule has 106 valence electrons. The maximum absolute atomic E-state index is 6.11. The van der Waals surface area contributed by atoms with Crippen LogP contribution in [0.3, 0.4) is 0 Å². The molecule has 1 heterocycles. The van der Waals surface area contributed by atoms with Gasteiger partial charge >= 0.3 is 0 Å². The molecule has 0 fully saturated rings. The van der Waals surface area contributed by atoms with Crippen molar-refractivity contribution >= 4 is 23.4 Å². The van der Waals surface area contributed by atoms with Crippen LogP contribution in [0.15, 0.2) is 34.3 Å². The molecular formula is C15H18ClN3S.